The van der Waals surface area contributed by atoms with E-state index in [4.69, 9.17) is 0 Å². The predicted molar refractivity (Wildman–Crippen MR) is 91.1 cm³/mol. The maximum Gasteiger partial charge on any atom is 0.315 e. The second-order valence-corrected chi connectivity index (χ2v) is 5.37. The van der Waals surface area contributed by atoms with Crippen LogP contribution in [0.5, 0.6) is 0 Å². The van der Waals surface area contributed by atoms with Crippen LogP contribution in [0.3, 0.4) is 0 Å². The first-order chi connectivity index (χ1) is 11.8. The highest BCUT2D eigenvalue weighted by Gasteiger charge is 2.05. The monoisotopic (exact) mass is 321 g/mol. The van der Waals surface area contributed by atoms with Gasteiger partial charge in [0.15, 0.2) is 0 Å². The minimum atomic E-state index is -0.201. The number of hydrogen-bond acceptors (Lipinski definition) is 3. The van der Waals surface area contributed by atoms with Gasteiger partial charge in [0.2, 0.25) is 0 Å². The number of nitrogens with zero attached hydrogens (tertiary/aromatic N) is 3. The molecule has 0 aliphatic rings. The first-order valence-electron chi connectivity index (χ1n) is 7.76. The van der Waals surface area contributed by atoms with E-state index in [1.807, 2.05) is 53.3 Å². The van der Waals surface area contributed by atoms with Crippen LogP contribution in [0.15, 0.2) is 67.3 Å². The van der Waals surface area contributed by atoms with Crippen molar-refractivity contribution >= 4 is 6.03 Å². The van der Waals surface area contributed by atoms with Crippen molar-refractivity contribution in [3.63, 3.8) is 0 Å². The number of carbonyl (C=O) groups is 1. The van der Waals surface area contributed by atoms with Gasteiger partial charge in [-0.05, 0) is 28.8 Å². The average Bonchev–Trinajstić information content (AvgIpc) is 3.13. The van der Waals surface area contributed by atoms with Crippen molar-refractivity contribution in [3.05, 3.63) is 83.9 Å². The maximum absolute atomic E-state index is 12.0. The molecule has 122 valence electrons. The van der Waals surface area contributed by atoms with Crippen molar-refractivity contribution in [2.24, 2.45) is 0 Å². The Hall–Kier alpha value is -3.15. The van der Waals surface area contributed by atoms with Crippen LogP contribution < -0.4 is 10.6 Å². The highest BCUT2D eigenvalue weighted by atomic mass is 16.2. The van der Waals surface area contributed by atoms with E-state index < -0.39 is 0 Å². The van der Waals surface area contributed by atoms with Crippen molar-refractivity contribution in [2.75, 3.05) is 0 Å². The number of hydrogen-bond donors (Lipinski definition) is 2. The Morgan fingerprint density at radius 3 is 2.54 bits per heavy atom. The second-order valence-electron chi connectivity index (χ2n) is 5.37. The fraction of sp³-hybridized carbons (Fsp3) is 0.167. The van der Waals surface area contributed by atoms with Crippen molar-refractivity contribution in [1.29, 1.82) is 0 Å². The number of rotatable bonds is 6. The first kappa shape index (κ1) is 15.7. The number of benzene rings is 1. The zero-order chi connectivity index (χ0) is 16.6. The maximum atomic E-state index is 12.0. The molecule has 2 heterocycles. The lowest BCUT2D eigenvalue weighted by atomic mass is 10.1. The zero-order valence-corrected chi connectivity index (χ0v) is 13.2. The van der Waals surface area contributed by atoms with E-state index in [-0.39, 0.29) is 6.03 Å². The molecular formula is C18H19N5O. The molecule has 1 aromatic carbocycles. The van der Waals surface area contributed by atoms with Gasteiger partial charge in [-0.2, -0.15) is 5.10 Å². The second kappa shape index (κ2) is 7.92. The molecule has 24 heavy (non-hydrogen) atoms. The molecular weight excluding hydrogens is 302 g/mol. The van der Waals surface area contributed by atoms with Crippen LogP contribution >= 0.6 is 0 Å². The Morgan fingerprint density at radius 2 is 1.79 bits per heavy atom. The van der Waals surface area contributed by atoms with Crippen LogP contribution in [0.25, 0.3) is 0 Å². The molecule has 0 saturated carbocycles. The van der Waals surface area contributed by atoms with Crippen LogP contribution in [0.4, 0.5) is 4.79 Å². The Morgan fingerprint density at radius 1 is 0.958 bits per heavy atom. The largest absolute Gasteiger partial charge is 0.334 e. The van der Waals surface area contributed by atoms with Gasteiger partial charge in [0, 0.05) is 37.9 Å². The summed E-state index contributed by atoms with van der Waals surface area (Å²) in [4.78, 5) is 16.0. The number of amides is 2. The lowest BCUT2D eigenvalue weighted by Gasteiger charge is -2.11. The molecule has 0 saturated heterocycles. The van der Waals surface area contributed by atoms with E-state index in [0.29, 0.717) is 19.6 Å². The molecule has 2 amide bonds. The summed E-state index contributed by atoms with van der Waals surface area (Å²) >= 11 is 0. The minimum Gasteiger partial charge on any atom is -0.334 e. The summed E-state index contributed by atoms with van der Waals surface area (Å²) in [5, 5.41) is 9.94. The van der Waals surface area contributed by atoms with Crippen LogP contribution in [0.2, 0.25) is 0 Å². The third-order valence-electron chi connectivity index (χ3n) is 3.63. The van der Waals surface area contributed by atoms with E-state index in [1.165, 1.54) is 0 Å². The quantitative estimate of drug-likeness (QED) is 0.732. The van der Waals surface area contributed by atoms with E-state index in [2.05, 4.69) is 20.7 Å². The highest BCUT2D eigenvalue weighted by Crippen LogP contribution is 2.10. The Labute approximate surface area is 140 Å². The zero-order valence-electron chi connectivity index (χ0n) is 13.2. The molecule has 2 N–H and O–H groups in total. The van der Waals surface area contributed by atoms with E-state index >= 15 is 0 Å². The summed E-state index contributed by atoms with van der Waals surface area (Å²) in [6.45, 7) is 1.60. The van der Waals surface area contributed by atoms with E-state index in [1.54, 1.807) is 18.6 Å². The third kappa shape index (κ3) is 4.42. The molecule has 0 radical (unpaired) electrons. The van der Waals surface area contributed by atoms with Crippen molar-refractivity contribution in [3.8, 4) is 0 Å². The topological polar surface area (TPSA) is 71.8 Å². The SMILES string of the molecule is O=C(NCc1cccnc1)NCc1ccccc1Cn1cccn1. The molecule has 0 aliphatic heterocycles. The van der Waals surface area contributed by atoms with Crippen LogP contribution in [-0.4, -0.2) is 20.8 Å². The number of urea groups is 1. The average molecular weight is 321 g/mol. The predicted octanol–water partition coefficient (Wildman–Crippen LogP) is 2.33. The van der Waals surface area contributed by atoms with Gasteiger partial charge in [0.1, 0.15) is 0 Å². The minimum absolute atomic E-state index is 0.201. The van der Waals surface area contributed by atoms with Crippen LogP contribution in [0, 0.1) is 0 Å². The number of aromatic nitrogens is 3. The Balaban J connectivity index is 1.53. The normalized spacial score (nSPS) is 10.3. The van der Waals surface area contributed by atoms with Crippen LogP contribution in [-0.2, 0) is 19.6 Å². The van der Waals surface area contributed by atoms with Gasteiger partial charge in [0.25, 0.3) is 0 Å². The fourth-order valence-corrected chi connectivity index (χ4v) is 2.38. The van der Waals surface area contributed by atoms with Crippen molar-refractivity contribution in [2.45, 2.75) is 19.6 Å². The smallest absolute Gasteiger partial charge is 0.315 e. The standard InChI is InChI=1S/C18H19N5O/c24-18(20-12-15-5-3-8-19-11-15)21-13-16-6-1-2-7-17(16)14-23-10-4-9-22-23/h1-11H,12-14H2,(H2,20,21,24). The van der Waals surface area contributed by atoms with Gasteiger partial charge in [-0.3, -0.25) is 9.67 Å². The molecule has 3 rings (SSSR count). The lowest BCUT2D eigenvalue weighted by Crippen LogP contribution is -2.34. The Kier molecular flexibility index (Phi) is 5.19. The number of carbonyl (C=O) groups excluding carboxylic acids is 1. The summed E-state index contributed by atoms with van der Waals surface area (Å²) in [5.41, 5.74) is 3.17. The van der Waals surface area contributed by atoms with Gasteiger partial charge in [-0.15, -0.1) is 0 Å². The molecule has 0 aliphatic carbocycles. The number of nitrogens with one attached hydrogen (secondary N) is 2. The van der Waals surface area contributed by atoms with Crippen molar-refractivity contribution < 1.29 is 4.79 Å². The summed E-state index contributed by atoms with van der Waals surface area (Å²) < 4.78 is 1.86. The van der Waals surface area contributed by atoms with Crippen molar-refractivity contribution in [1.82, 2.24) is 25.4 Å². The Bertz CT molecular complexity index is 771. The van der Waals surface area contributed by atoms with Gasteiger partial charge < -0.3 is 10.6 Å². The number of pyridine rings is 1. The van der Waals surface area contributed by atoms with E-state index in [9.17, 15) is 4.79 Å². The van der Waals surface area contributed by atoms with E-state index in [0.717, 1.165) is 16.7 Å². The summed E-state index contributed by atoms with van der Waals surface area (Å²) in [5.74, 6) is 0. The molecule has 0 fully saturated rings. The van der Waals surface area contributed by atoms with Gasteiger partial charge >= 0.3 is 6.03 Å². The van der Waals surface area contributed by atoms with Gasteiger partial charge in [-0.25, -0.2) is 4.79 Å². The lowest BCUT2D eigenvalue weighted by molar-refractivity contribution is 0.240. The summed E-state index contributed by atoms with van der Waals surface area (Å²) in [6.07, 6.45) is 7.12. The molecule has 2 aromatic heterocycles. The van der Waals surface area contributed by atoms with Crippen LogP contribution in [0.1, 0.15) is 16.7 Å². The molecule has 0 spiro atoms. The molecule has 6 nitrogen and oxygen atoms in total. The summed E-state index contributed by atoms with van der Waals surface area (Å²) in [7, 11) is 0. The molecule has 3 aromatic rings. The molecule has 0 atom stereocenters. The fourth-order valence-electron chi connectivity index (χ4n) is 2.38. The van der Waals surface area contributed by atoms with Gasteiger partial charge in [0.05, 0.1) is 6.54 Å². The molecule has 0 bridgehead atoms. The molecule has 6 heteroatoms. The first-order valence-corrected chi connectivity index (χ1v) is 7.76. The summed E-state index contributed by atoms with van der Waals surface area (Å²) in [6, 6.07) is 13.5. The highest BCUT2D eigenvalue weighted by molar-refractivity contribution is 5.73. The van der Waals surface area contributed by atoms with Gasteiger partial charge in [-0.1, -0.05) is 30.3 Å². The third-order valence-corrected chi connectivity index (χ3v) is 3.63. The molecule has 0 unspecified atom stereocenters.